The van der Waals surface area contributed by atoms with Crippen LogP contribution < -0.4 is 5.32 Å². The van der Waals surface area contributed by atoms with Gasteiger partial charge < -0.3 is 10.4 Å². The second-order valence-electron chi connectivity index (χ2n) is 3.92. The molecule has 15 heavy (non-hydrogen) atoms. The van der Waals surface area contributed by atoms with Gasteiger partial charge in [-0.25, -0.2) is 0 Å². The summed E-state index contributed by atoms with van der Waals surface area (Å²) in [5, 5.41) is 11.9. The maximum atomic E-state index is 10.4. The second kappa shape index (κ2) is 4.34. The lowest BCUT2D eigenvalue weighted by molar-refractivity contribution is -0.136. The second-order valence-corrected chi connectivity index (χ2v) is 3.92. The first-order valence-electron chi connectivity index (χ1n) is 5.33. The molecular weight excluding hydrogens is 190 g/mol. The minimum atomic E-state index is -0.731. The molecule has 1 aliphatic rings. The number of aryl methyl sites for hydroxylation is 2. The zero-order chi connectivity index (χ0) is 10.7. The van der Waals surface area contributed by atoms with E-state index in [1.165, 1.54) is 11.3 Å². The summed E-state index contributed by atoms with van der Waals surface area (Å²) >= 11 is 0. The summed E-state index contributed by atoms with van der Waals surface area (Å²) in [5.74, 6) is -0.731. The van der Waals surface area contributed by atoms with E-state index in [4.69, 9.17) is 5.11 Å². The van der Waals surface area contributed by atoms with Gasteiger partial charge in [0, 0.05) is 18.7 Å². The molecule has 1 aliphatic heterocycles. The van der Waals surface area contributed by atoms with Crippen LogP contribution in [0.25, 0.3) is 0 Å². The van der Waals surface area contributed by atoms with Crippen molar-refractivity contribution in [2.24, 2.45) is 0 Å². The minimum Gasteiger partial charge on any atom is -0.481 e. The first-order chi connectivity index (χ1) is 7.25. The molecule has 0 saturated carbocycles. The summed E-state index contributed by atoms with van der Waals surface area (Å²) in [7, 11) is 0. The van der Waals surface area contributed by atoms with Crippen molar-refractivity contribution >= 4 is 11.7 Å². The Morgan fingerprint density at radius 2 is 2.33 bits per heavy atom. The van der Waals surface area contributed by atoms with Crippen molar-refractivity contribution in [3.63, 3.8) is 0 Å². The molecule has 0 spiro atoms. The Hall–Kier alpha value is -1.51. The first-order valence-corrected chi connectivity index (χ1v) is 5.33. The van der Waals surface area contributed by atoms with Crippen LogP contribution in [0.1, 0.15) is 24.0 Å². The third-order valence-electron chi connectivity index (χ3n) is 2.74. The van der Waals surface area contributed by atoms with E-state index < -0.39 is 5.97 Å². The van der Waals surface area contributed by atoms with Gasteiger partial charge in [-0.05, 0) is 36.5 Å². The molecule has 0 atom stereocenters. The van der Waals surface area contributed by atoms with Gasteiger partial charge in [0.1, 0.15) is 0 Å². The molecule has 1 aromatic carbocycles. The highest BCUT2D eigenvalue weighted by atomic mass is 16.4. The van der Waals surface area contributed by atoms with Crippen LogP contribution in [0.15, 0.2) is 18.2 Å². The van der Waals surface area contributed by atoms with Crippen LogP contribution in [0.5, 0.6) is 0 Å². The van der Waals surface area contributed by atoms with Crippen molar-refractivity contribution in [2.75, 3.05) is 11.9 Å². The molecule has 80 valence electrons. The largest absolute Gasteiger partial charge is 0.481 e. The van der Waals surface area contributed by atoms with Crippen LogP contribution in [0, 0.1) is 0 Å². The highest BCUT2D eigenvalue weighted by molar-refractivity contribution is 5.67. The number of carboxylic acids is 1. The number of anilines is 1. The van der Waals surface area contributed by atoms with E-state index in [9.17, 15) is 4.79 Å². The lowest BCUT2D eigenvalue weighted by atomic mass is 9.99. The number of hydrogen-bond acceptors (Lipinski definition) is 2. The quantitative estimate of drug-likeness (QED) is 0.794. The molecule has 0 radical (unpaired) electrons. The molecule has 0 aliphatic carbocycles. The van der Waals surface area contributed by atoms with Gasteiger partial charge in [-0.3, -0.25) is 4.79 Å². The number of rotatable bonds is 3. The molecule has 0 aromatic heterocycles. The van der Waals surface area contributed by atoms with E-state index in [2.05, 4.69) is 17.4 Å². The Bertz CT molecular complexity index is 374. The van der Waals surface area contributed by atoms with Crippen molar-refractivity contribution in [3.05, 3.63) is 29.3 Å². The van der Waals surface area contributed by atoms with Crippen LogP contribution >= 0.6 is 0 Å². The van der Waals surface area contributed by atoms with Crippen LogP contribution in [0.2, 0.25) is 0 Å². The van der Waals surface area contributed by atoms with E-state index >= 15 is 0 Å². The molecule has 0 bridgehead atoms. The first kappa shape index (κ1) is 10.0. The lowest BCUT2D eigenvalue weighted by Gasteiger charge is -2.18. The molecule has 0 unspecified atom stereocenters. The number of carboxylic acid groups (broad SMARTS) is 1. The van der Waals surface area contributed by atoms with Crippen molar-refractivity contribution in [1.82, 2.24) is 0 Å². The average Bonchev–Trinajstić information content (AvgIpc) is 2.26. The Morgan fingerprint density at radius 3 is 3.13 bits per heavy atom. The fourth-order valence-electron chi connectivity index (χ4n) is 1.94. The Kier molecular flexibility index (Phi) is 2.90. The molecule has 1 aromatic rings. The molecule has 0 saturated heterocycles. The maximum Gasteiger partial charge on any atom is 0.303 e. The molecule has 1 heterocycles. The van der Waals surface area contributed by atoms with Gasteiger partial charge in [0.05, 0.1) is 0 Å². The average molecular weight is 205 g/mol. The molecule has 0 amide bonds. The minimum absolute atomic E-state index is 0.214. The predicted octanol–water partition coefficient (Wildman–Crippen LogP) is 2.06. The molecule has 0 fully saturated rings. The van der Waals surface area contributed by atoms with Gasteiger partial charge in [-0.2, -0.15) is 0 Å². The third-order valence-corrected chi connectivity index (χ3v) is 2.74. The number of hydrogen-bond donors (Lipinski definition) is 2. The zero-order valence-electron chi connectivity index (χ0n) is 8.62. The third kappa shape index (κ3) is 2.49. The van der Waals surface area contributed by atoms with Crippen LogP contribution in [0.4, 0.5) is 5.69 Å². The molecule has 3 nitrogen and oxygen atoms in total. The summed E-state index contributed by atoms with van der Waals surface area (Å²) in [6, 6.07) is 6.20. The molecular formula is C12H15NO2. The SMILES string of the molecule is O=C(O)CCc1ccc2c(c1)CCCN2. The summed E-state index contributed by atoms with van der Waals surface area (Å²) in [6.07, 6.45) is 3.10. The molecule has 2 N–H and O–H groups in total. The number of nitrogens with one attached hydrogen (secondary N) is 1. The summed E-state index contributed by atoms with van der Waals surface area (Å²) in [5.41, 5.74) is 3.66. The zero-order valence-corrected chi connectivity index (χ0v) is 8.62. The van der Waals surface area contributed by atoms with Crippen LogP contribution in [-0.2, 0) is 17.6 Å². The van der Waals surface area contributed by atoms with E-state index in [-0.39, 0.29) is 6.42 Å². The van der Waals surface area contributed by atoms with Gasteiger partial charge in [-0.15, -0.1) is 0 Å². The van der Waals surface area contributed by atoms with Crippen molar-refractivity contribution in [3.8, 4) is 0 Å². The lowest BCUT2D eigenvalue weighted by Crippen LogP contribution is -2.11. The number of fused-ring (bicyclic) bond motifs is 1. The van der Waals surface area contributed by atoms with Crippen LogP contribution in [0.3, 0.4) is 0 Å². The Labute approximate surface area is 89.1 Å². The van der Waals surface area contributed by atoms with Gasteiger partial charge >= 0.3 is 5.97 Å². The summed E-state index contributed by atoms with van der Waals surface area (Å²) in [4.78, 5) is 10.4. The standard InChI is InChI=1S/C12H15NO2/c14-12(15)6-4-9-3-5-11-10(8-9)2-1-7-13-11/h3,5,8,13H,1-2,4,6-7H2,(H,14,15). The van der Waals surface area contributed by atoms with Gasteiger partial charge in [-0.1, -0.05) is 12.1 Å². The monoisotopic (exact) mass is 205 g/mol. The highest BCUT2D eigenvalue weighted by Crippen LogP contribution is 2.23. The van der Waals surface area contributed by atoms with Crippen molar-refractivity contribution in [2.45, 2.75) is 25.7 Å². The maximum absolute atomic E-state index is 10.4. The van der Waals surface area contributed by atoms with Crippen molar-refractivity contribution in [1.29, 1.82) is 0 Å². The fourth-order valence-corrected chi connectivity index (χ4v) is 1.94. The smallest absolute Gasteiger partial charge is 0.303 e. The Balaban J connectivity index is 2.10. The van der Waals surface area contributed by atoms with Crippen molar-refractivity contribution < 1.29 is 9.90 Å². The molecule has 3 heteroatoms. The van der Waals surface area contributed by atoms with Crippen LogP contribution in [-0.4, -0.2) is 17.6 Å². The van der Waals surface area contributed by atoms with E-state index in [1.807, 2.05) is 6.07 Å². The Morgan fingerprint density at radius 1 is 1.47 bits per heavy atom. The number of benzene rings is 1. The number of aliphatic carboxylic acids is 1. The van der Waals surface area contributed by atoms with Gasteiger partial charge in [0.2, 0.25) is 0 Å². The van der Waals surface area contributed by atoms with Gasteiger partial charge in [0.15, 0.2) is 0 Å². The van der Waals surface area contributed by atoms with E-state index in [0.29, 0.717) is 6.42 Å². The topological polar surface area (TPSA) is 49.3 Å². The van der Waals surface area contributed by atoms with E-state index in [1.54, 1.807) is 0 Å². The van der Waals surface area contributed by atoms with Gasteiger partial charge in [0.25, 0.3) is 0 Å². The predicted molar refractivity (Wildman–Crippen MR) is 59.2 cm³/mol. The normalized spacial score (nSPS) is 14.1. The summed E-state index contributed by atoms with van der Waals surface area (Å²) in [6.45, 7) is 1.04. The molecule has 2 rings (SSSR count). The fraction of sp³-hybridized carbons (Fsp3) is 0.417. The summed E-state index contributed by atoms with van der Waals surface area (Å²) < 4.78 is 0. The highest BCUT2D eigenvalue weighted by Gasteiger charge is 2.09. The van der Waals surface area contributed by atoms with E-state index in [0.717, 1.165) is 24.9 Å². The number of carbonyl (C=O) groups is 1.